The van der Waals surface area contributed by atoms with E-state index in [2.05, 4.69) is 18.8 Å². The minimum absolute atomic E-state index is 0.0658. The lowest BCUT2D eigenvalue weighted by atomic mass is 10.1. The molecule has 0 aliphatic rings. The van der Waals surface area contributed by atoms with Crippen LogP contribution in [0, 0.1) is 5.92 Å². The van der Waals surface area contributed by atoms with Gasteiger partial charge in [0.2, 0.25) is 0 Å². The highest BCUT2D eigenvalue weighted by molar-refractivity contribution is 5.96. The van der Waals surface area contributed by atoms with Gasteiger partial charge in [-0.2, -0.15) is 0 Å². The molecule has 1 aromatic rings. The lowest BCUT2D eigenvalue weighted by molar-refractivity contribution is 0.0786. The third-order valence-electron chi connectivity index (χ3n) is 2.42. The average molecular weight is 222 g/mol. The normalized spacial score (nSPS) is 10.5. The quantitative estimate of drug-likeness (QED) is 0.846. The fourth-order valence-corrected chi connectivity index (χ4v) is 1.33. The maximum absolute atomic E-state index is 11.9. The third kappa shape index (κ3) is 3.22. The number of pyridine rings is 1. The molecule has 1 amide bonds. The van der Waals surface area contributed by atoms with Crippen molar-refractivity contribution in [3.8, 4) is 5.75 Å². The maximum atomic E-state index is 11.9. The van der Waals surface area contributed by atoms with Gasteiger partial charge in [0.25, 0.3) is 5.91 Å². The second-order valence-corrected chi connectivity index (χ2v) is 4.30. The Labute approximate surface area is 95.9 Å². The molecule has 0 aliphatic carbocycles. The van der Waals surface area contributed by atoms with Crippen molar-refractivity contribution in [2.24, 2.45) is 5.92 Å². The van der Waals surface area contributed by atoms with E-state index in [0.29, 0.717) is 18.0 Å². The van der Waals surface area contributed by atoms with Gasteiger partial charge in [0.1, 0.15) is 5.75 Å². The molecule has 4 nitrogen and oxygen atoms in total. The Balaban J connectivity index is 2.67. The molecule has 88 valence electrons. The number of carbonyl (C=O) groups excluding carboxylic acids is 1. The molecular weight excluding hydrogens is 204 g/mol. The molecule has 1 heterocycles. The SMILES string of the molecule is CC(C)CCN(C)C(=O)c1ccncc1O. The van der Waals surface area contributed by atoms with Crippen LogP contribution in [0.5, 0.6) is 5.75 Å². The molecule has 0 spiro atoms. The molecule has 0 aromatic carbocycles. The number of rotatable bonds is 4. The summed E-state index contributed by atoms with van der Waals surface area (Å²) in [6, 6.07) is 1.53. The number of amides is 1. The van der Waals surface area contributed by atoms with Gasteiger partial charge in [-0.05, 0) is 18.4 Å². The van der Waals surface area contributed by atoms with Crippen LogP contribution in [0.3, 0.4) is 0 Å². The zero-order chi connectivity index (χ0) is 12.1. The highest BCUT2D eigenvalue weighted by atomic mass is 16.3. The number of carbonyl (C=O) groups is 1. The van der Waals surface area contributed by atoms with Crippen molar-refractivity contribution in [1.29, 1.82) is 0 Å². The molecule has 0 radical (unpaired) electrons. The largest absolute Gasteiger partial charge is 0.505 e. The van der Waals surface area contributed by atoms with E-state index in [4.69, 9.17) is 0 Å². The number of aromatic hydroxyl groups is 1. The Bertz CT molecular complexity index is 364. The zero-order valence-corrected chi connectivity index (χ0v) is 9.97. The second kappa shape index (κ2) is 5.49. The molecular formula is C12H18N2O2. The summed E-state index contributed by atoms with van der Waals surface area (Å²) in [6.07, 6.45) is 3.74. The molecule has 4 heteroatoms. The van der Waals surface area contributed by atoms with E-state index in [1.165, 1.54) is 18.5 Å². The maximum Gasteiger partial charge on any atom is 0.257 e. The predicted molar refractivity (Wildman–Crippen MR) is 62.3 cm³/mol. The van der Waals surface area contributed by atoms with Gasteiger partial charge < -0.3 is 10.0 Å². The number of nitrogens with zero attached hydrogens (tertiary/aromatic N) is 2. The molecule has 1 N–H and O–H groups in total. The number of hydrogen-bond donors (Lipinski definition) is 1. The smallest absolute Gasteiger partial charge is 0.257 e. The Morgan fingerprint density at radius 1 is 1.56 bits per heavy atom. The molecule has 0 bridgehead atoms. The van der Waals surface area contributed by atoms with E-state index in [-0.39, 0.29) is 11.7 Å². The van der Waals surface area contributed by atoms with E-state index in [1.807, 2.05) is 0 Å². The minimum Gasteiger partial charge on any atom is -0.505 e. The van der Waals surface area contributed by atoms with Crippen molar-refractivity contribution in [3.05, 3.63) is 24.0 Å². The van der Waals surface area contributed by atoms with E-state index in [0.717, 1.165) is 6.42 Å². The van der Waals surface area contributed by atoms with Gasteiger partial charge in [0, 0.05) is 19.8 Å². The first-order chi connectivity index (χ1) is 7.52. The van der Waals surface area contributed by atoms with Gasteiger partial charge in [0.05, 0.1) is 11.8 Å². The number of hydrogen-bond acceptors (Lipinski definition) is 3. The first kappa shape index (κ1) is 12.5. The monoisotopic (exact) mass is 222 g/mol. The lowest BCUT2D eigenvalue weighted by Crippen LogP contribution is -2.28. The summed E-state index contributed by atoms with van der Waals surface area (Å²) in [5, 5.41) is 9.50. The summed E-state index contributed by atoms with van der Waals surface area (Å²) in [5.74, 6) is 0.325. The molecule has 16 heavy (non-hydrogen) atoms. The zero-order valence-electron chi connectivity index (χ0n) is 9.97. The second-order valence-electron chi connectivity index (χ2n) is 4.30. The summed E-state index contributed by atoms with van der Waals surface area (Å²) in [7, 11) is 1.74. The van der Waals surface area contributed by atoms with E-state index < -0.39 is 0 Å². The summed E-state index contributed by atoms with van der Waals surface area (Å²) in [6.45, 7) is 4.92. The first-order valence-corrected chi connectivity index (χ1v) is 5.40. The van der Waals surface area contributed by atoms with Crippen LogP contribution in [0.2, 0.25) is 0 Å². The van der Waals surface area contributed by atoms with Gasteiger partial charge in [-0.3, -0.25) is 9.78 Å². The summed E-state index contributed by atoms with van der Waals surface area (Å²) in [5.41, 5.74) is 0.307. The minimum atomic E-state index is -0.166. The Morgan fingerprint density at radius 2 is 2.25 bits per heavy atom. The van der Waals surface area contributed by atoms with E-state index >= 15 is 0 Å². The van der Waals surface area contributed by atoms with Crippen molar-refractivity contribution in [2.75, 3.05) is 13.6 Å². The van der Waals surface area contributed by atoms with E-state index in [1.54, 1.807) is 11.9 Å². The fraction of sp³-hybridized carbons (Fsp3) is 0.500. The Hall–Kier alpha value is -1.58. The van der Waals surface area contributed by atoms with Gasteiger partial charge in [-0.25, -0.2) is 0 Å². The molecule has 1 aromatic heterocycles. The number of aromatic nitrogens is 1. The summed E-state index contributed by atoms with van der Waals surface area (Å²) >= 11 is 0. The molecule has 0 saturated carbocycles. The first-order valence-electron chi connectivity index (χ1n) is 5.40. The lowest BCUT2D eigenvalue weighted by Gasteiger charge is -2.18. The van der Waals surface area contributed by atoms with Crippen LogP contribution >= 0.6 is 0 Å². The standard InChI is InChI=1S/C12H18N2O2/c1-9(2)5-7-14(3)12(16)10-4-6-13-8-11(10)15/h4,6,8-9,15H,5,7H2,1-3H3. The molecule has 0 saturated heterocycles. The van der Waals surface area contributed by atoms with Gasteiger partial charge in [-0.1, -0.05) is 13.8 Å². The van der Waals surface area contributed by atoms with Crippen LogP contribution in [-0.2, 0) is 0 Å². The molecule has 0 unspecified atom stereocenters. The van der Waals surface area contributed by atoms with Crippen LogP contribution in [0.1, 0.15) is 30.6 Å². The molecule has 1 rings (SSSR count). The van der Waals surface area contributed by atoms with Crippen molar-refractivity contribution < 1.29 is 9.90 Å². The van der Waals surface area contributed by atoms with Gasteiger partial charge in [0.15, 0.2) is 0 Å². The van der Waals surface area contributed by atoms with Crippen LogP contribution in [0.15, 0.2) is 18.5 Å². The fourth-order valence-electron chi connectivity index (χ4n) is 1.33. The summed E-state index contributed by atoms with van der Waals surface area (Å²) < 4.78 is 0. The molecule has 0 fully saturated rings. The molecule has 0 atom stereocenters. The van der Waals surface area contributed by atoms with Gasteiger partial charge in [-0.15, -0.1) is 0 Å². The van der Waals surface area contributed by atoms with Crippen molar-refractivity contribution in [2.45, 2.75) is 20.3 Å². The highest BCUT2D eigenvalue weighted by Gasteiger charge is 2.15. The Kier molecular flexibility index (Phi) is 4.28. The Morgan fingerprint density at radius 3 is 2.81 bits per heavy atom. The van der Waals surface area contributed by atoms with Crippen LogP contribution < -0.4 is 0 Å². The van der Waals surface area contributed by atoms with Crippen LogP contribution in [-0.4, -0.2) is 34.5 Å². The third-order valence-corrected chi connectivity index (χ3v) is 2.42. The molecule has 0 aliphatic heterocycles. The van der Waals surface area contributed by atoms with Crippen molar-refractivity contribution in [3.63, 3.8) is 0 Å². The van der Waals surface area contributed by atoms with Crippen molar-refractivity contribution in [1.82, 2.24) is 9.88 Å². The summed E-state index contributed by atoms with van der Waals surface area (Å²) in [4.78, 5) is 17.3. The van der Waals surface area contributed by atoms with Crippen LogP contribution in [0.25, 0.3) is 0 Å². The average Bonchev–Trinajstić information content (AvgIpc) is 2.25. The van der Waals surface area contributed by atoms with E-state index in [9.17, 15) is 9.90 Å². The topological polar surface area (TPSA) is 53.4 Å². The highest BCUT2D eigenvalue weighted by Crippen LogP contribution is 2.16. The van der Waals surface area contributed by atoms with Crippen molar-refractivity contribution >= 4 is 5.91 Å². The van der Waals surface area contributed by atoms with Crippen LogP contribution in [0.4, 0.5) is 0 Å². The van der Waals surface area contributed by atoms with Gasteiger partial charge >= 0.3 is 0 Å². The predicted octanol–water partition coefficient (Wildman–Crippen LogP) is 1.91.